The molecule has 9 nitrogen and oxygen atoms in total. The third kappa shape index (κ3) is 6.04. The molecule has 10 heteroatoms. The van der Waals surface area contributed by atoms with Crippen molar-refractivity contribution in [2.75, 3.05) is 11.9 Å². The van der Waals surface area contributed by atoms with Crippen LogP contribution in [-0.2, 0) is 17.9 Å². The summed E-state index contributed by atoms with van der Waals surface area (Å²) in [4.78, 5) is 23.0. The fraction of sp³-hybridized carbons (Fsp3) is 0.222. The minimum Gasteiger partial charge on any atom is -0.375 e. The lowest BCUT2D eigenvalue weighted by Crippen LogP contribution is -2.36. The van der Waals surface area contributed by atoms with Gasteiger partial charge in [-0.05, 0) is 37.6 Å². The van der Waals surface area contributed by atoms with Gasteiger partial charge in [0.15, 0.2) is 5.84 Å². The number of amidine groups is 1. The van der Waals surface area contributed by atoms with Crippen LogP contribution in [-0.4, -0.2) is 50.2 Å². The number of nitrogens with one attached hydrogen (secondary N) is 3. The molecule has 0 radical (unpaired) electrons. The molecule has 1 amide bonds. The van der Waals surface area contributed by atoms with E-state index in [9.17, 15) is 9.18 Å². The smallest absolute Gasteiger partial charge is 0.259 e. The van der Waals surface area contributed by atoms with Crippen LogP contribution in [0.15, 0.2) is 67.0 Å². The number of aromatic nitrogens is 3. The van der Waals surface area contributed by atoms with Crippen LogP contribution in [0.25, 0.3) is 11.0 Å². The van der Waals surface area contributed by atoms with Gasteiger partial charge in [-0.25, -0.2) is 14.4 Å². The molecular weight excluding hydrogens is 473 g/mol. The zero-order valence-corrected chi connectivity index (χ0v) is 20.6. The fourth-order valence-electron chi connectivity index (χ4n) is 3.78. The molecule has 190 valence electrons. The van der Waals surface area contributed by atoms with Gasteiger partial charge in [-0.1, -0.05) is 36.4 Å². The highest BCUT2D eigenvalue weighted by molar-refractivity contribution is 6.06. The van der Waals surface area contributed by atoms with Crippen LogP contribution >= 0.6 is 0 Å². The Bertz CT molecular complexity index is 1420. The second-order valence-electron chi connectivity index (χ2n) is 8.64. The summed E-state index contributed by atoms with van der Waals surface area (Å²) in [6.07, 6.45) is 2.65. The number of imidazole rings is 1. The molecule has 0 aliphatic heterocycles. The second kappa shape index (κ2) is 11.5. The van der Waals surface area contributed by atoms with Crippen molar-refractivity contribution < 1.29 is 13.9 Å². The first-order valence-corrected chi connectivity index (χ1v) is 11.8. The molecule has 2 heterocycles. The van der Waals surface area contributed by atoms with Gasteiger partial charge in [0.1, 0.15) is 17.3 Å². The summed E-state index contributed by atoms with van der Waals surface area (Å²) in [6, 6.07) is 17.2. The number of rotatable bonds is 10. The summed E-state index contributed by atoms with van der Waals surface area (Å²) in [6.45, 7) is 5.09. The van der Waals surface area contributed by atoms with Gasteiger partial charge in [-0.3, -0.25) is 15.6 Å². The Labute approximate surface area is 213 Å². The van der Waals surface area contributed by atoms with Gasteiger partial charge in [-0.2, -0.15) is 0 Å². The van der Waals surface area contributed by atoms with Crippen LogP contribution < -0.4 is 5.32 Å². The Morgan fingerprint density at radius 2 is 1.97 bits per heavy atom. The fourth-order valence-corrected chi connectivity index (χ4v) is 3.78. The van der Waals surface area contributed by atoms with E-state index in [4.69, 9.17) is 15.6 Å². The third-order valence-corrected chi connectivity index (χ3v) is 5.73. The topological polar surface area (TPSA) is 120 Å². The number of fused-ring (bicyclic) bond motifs is 1. The number of hydrogen-bond donors (Lipinski definition) is 3. The van der Waals surface area contributed by atoms with Crippen LogP contribution in [0.3, 0.4) is 0 Å². The highest BCUT2D eigenvalue weighted by Crippen LogP contribution is 2.20. The van der Waals surface area contributed by atoms with Crippen molar-refractivity contribution in [1.82, 2.24) is 19.4 Å². The summed E-state index contributed by atoms with van der Waals surface area (Å²) >= 11 is 0. The van der Waals surface area contributed by atoms with Gasteiger partial charge in [0, 0.05) is 18.7 Å². The van der Waals surface area contributed by atoms with Crippen molar-refractivity contribution in [2.45, 2.75) is 33.0 Å². The normalized spacial score (nSPS) is 11.0. The van der Waals surface area contributed by atoms with E-state index in [1.54, 1.807) is 24.5 Å². The zero-order valence-electron chi connectivity index (χ0n) is 20.6. The summed E-state index contributed by atoms with van der Waals surface area (Å²) in [5, 5.41) is 18.5. The molecule has 2 aromatic carbocycles. The first-order chi connectivity index (χ1) is 17.9. The van der Waals surface area contributed by atoms with Crippen LogP contribution in [0.5, 0.6) is 0 Å². The first kappa shape index (κ1) is 25.6. The summed E-state index contributed by atoms with van der Waals surface area (Å²) in [5.74, 6) is -1.18. The van der Waals surface area contributed by atoms with Gasteiger partial charge in [-0.15, -0.1) is 0 Å². The van der Waals surface area contributed by atoms with Gasteiger partial charge >= 0.3 is 0 Å². The number of benzene rings is 2. The Morgan fingerprint density at radius 3 is 2.70 bits per heavy atom. The number of carbonyl (C=O) groups excluding carboxylic acids is 1. The number of nitrogens with zero attached hydrogens (tertiary/aromatic N) is 4. The molecule has 0 atom stereocenters. The summed E-state index contributed by atoms with van der Waals surface area (Å²) in [5.41, 5.74) is 2.24. The lowest BCUT2D eigenvalue weighted by Gasteiger charge is -2.23. The Morgan fingerprint density at radius 1 is 1.19 bits per heavy atom. The molecule has 0 saturated heterocycles. The Kier molecular flexibility index (Phi) is 7.99. The maximum atomic E-state index is 14.8. The minimum absolute atomic E-state index is 0.0204. The molecule has 37 heavy (non-hydrogen) atoms. The predicted molar refractivity (Wildman–Crippen MR) is 141 cm³/mol. The Balaban J connectivity index is 1.47. The number of halogens is 1. The molecule has 0 unspecified atom stereocenters. The second-order valence-corrected chi connectivity index (χ2v) is 8.64. The lowest BCUT2D eigenvalue weighted by atomic mass is 10.1. The monoisotopic (exact) mass is 501 g/mol. The highest BCUT2D eigenvalue weighted by atomic mass is 19.1. The number of hydrogen-bond acceptors (Lipinski definition) is 6. The van der Waals surface area contributed by atoms with E-state index in [0.29, 0.717) is 30.8 Å². The highest BCUT2D eigenvalue weighted by Gasteiger charge is 2.18. The van der Waals surface area contributed by atoms with E-state index in [-0.39, 0.29) is 29.0 Å². The molecule has 2 aromatic heterocycles. The van der Waals surface area contributed by atoms with Crippen LogP contribution in [0, 0.1) is 16.6 Å². The SMILES string of the molecule is CC(C)N(C=N)C(=N)c1cccc(NC(=O)c2cc3c(cc2F)ncn3CCOCc2ccccc2)n1. The maximum Gasteiger partial charge on any atom is 0.259 e. The first-order valence-electron chi connectivity index (χ1n) is 11.8. The molecular formula is C27H28FN7O2. The molecule has 0 aliphatic rings. The summed E-state index contributed by atoms with van der Waals surface area (Å²) < 4.78 is 22.4. The van der Waals surface area contributed by atoms with E-state index in [2.05, 4.69) is 15.3 Å². The minimum atomic E-state index is -0.700. The maximum absolute atomic E-state index is 14.8. The molecule has 0 saturated carbocycles. The van der Waals surface area contributed by atoms with Gasteiger partial charge in [0.25, 0.3) is 5.91 Å². The van der Waals surface area contributed by atoms with Crippen molar-refractivity contribution >= 4 is 34.9 Å². The van der Waals surface area contributed by atoms with Gasteiger partial charge in [0.2, 0.25) is 0 Å². The quantitative estimate of drug-likeness (QED) is 0.166. The van der Waals surface area contributed by atoms with E-state index in [1.807, 2.05) is 48.7 Å². The Hall–Kier alpha value is -4.44. The molecule has 0 bridgehead atoms. The van der Waals surface area contributed by atoms with E-state index >= 15 is 0 Å². The van der Waals surface area contributed by atoms with Crippen molar-refractivity contribution in [1.29, 1.82) is 10.8 Å². The molecule has 0 spiro atoms. The van der Waals surface area contributed by atoms with E-state index in [1.165, 1.54) is 17.0 Å². The summed E-state index contributed by atoms with van der Waals surface area (Å²) in [7, 11) is 0. The largest absolute Gasteiger partial charge is 0.375 e. The van der Waals surface area contributed by atoms with Crippen LogP contribution in [0.4, 0.5) is 10.2 Å². The van der Waals surface area contributed by atoms with Crippen LogP contribution in [0.2, 0.25) is 0 Å². The number of anilines is 1. The standard InChI is InChI=1S/C27H28FN7O2/c1-18(2)35(16-29)26(30)22-9-6-10-25(32-22)33-27(36)20-13-24-23(14-21(20)28)31-17-34(24)11-12-37-15-19-7-4-3-5-8-19/h3-10,13-14,16-18,29-30H,11-12,15H2,1-2H3,(H,32,33,36). The predicted octanol–water partition coefficient (Wildman–Crippen LogP) is 4.68. The molecule has 4 rings (SSSR count). The van der Waals surface area contributed by atoms with Gasteiger partial charge < -0.3 is 19.5 Å². The van der Waals surface area contributed by atoms with Crippen LogP contribution in [0.1, 0.15) is 35.5 Å². The zero-order chi connectivity index (χ0) is 26.4. The van der Waals surface area contributed by atoms with Crippen molar-refractivity contribution in [3.8, 4) is 0 Å². The van der Waals surface area contributed by atoms with Crippen molar-refractivity contribution in [2.24, 2.45) is 0 Å². The average Bonchev–Trinajstić information content (AvgIpc) is 3.28. The molecule has 0 fully saturated rings. The van der Waals surface area contributed by atoms with E-state index in [0.717, 1.165) is 11.9 Å². The van der Waals surface area contributed by atoms with E-state index < -0.39 is 11.7 Å². The van der Waals surface area contributed by atoms with Crippen molar-refractivity contribution in [3.05, 3.63) is 89.6 Å². The van der Waals surface area contributed by atoms with Gasteiger partial charge in [0.05, 0.1) is 42.5 Å². The lowest BCUT2D eigenvalue weighted by molar-refractivity contribution is 0.102. The number of amides is 1. The number of ether oxygens (including phenoxy) is 1. The number of carbonyl (C=O) groups is 1. The average molecular weight is 502 g/mol. The van der Waals surface area contributed by atoms with Crippen molar-refractivity contribution in [3.63, 3.8) is 0 Å². The molecule has 3 N–H and O–H groups in total. The number of pyridine rings is 1. The molecule has 0 aliphatic carbocycles. The third-order valence-electron chi connectivity index (χ3n) is 5.73. The molecule has 4 aromatic rings.